The molecule has 0 spiro atoms. The van der Waals surface area contributed by atoms with Crippen LogP contribution in [0.25, 0.3) is 0 Å². The Morgan fingerprint density at radius 1 is 1.60 bits per heavy atom. The van der Waals surface area contributed by atoms with Crippen molar-refractivity contribution in [3.63, 3.8) is 0 Å². The lowest BCUT2D eigenvalue weighted by atomic mass is 10.7. The summed E-state index contributed by atoms with van der Waals surface area (Å²) in [4.78, 5) is 9.12. The lowest BCUT2D eigenvalue weighted by molar-refractivity contribution is -0.274. The van der Waals surface area contributed by atoms with Crippen molar-refractivity contribution in [2.45, 2.75) is 0 Å². The van der Waals surface area contributed by atoms with Gasteiger partial charge in [0.2, 0.25) is 0 Å². The third-order valence-corrected chi connectivity index (χ3v) is 0.157. The zero-order valence-corrected chi connectivity index (χ0v) is 2.55. The highest BCUT2D eigenvalue weighted by molar-refractivity contribution is 5.63. The summed E-state index contributed by atoms with van der Waals surface area (Å²) in [6.07, 6.45) is 1.76. The Labute approximate surface area is 29.7 Å². The van der Waals surface area contributed by atoms with Crippen LogP contribution in [-0.2, 0) is 4.79 Å². The van der Waals surface area contributed by atoms with E-state index in [2.05, 4.69) is 0 Å². The lowest BCUT2D eigenvalue weighted by Gasteiger charge is -1.75. The maximum absolute atomic E-state index is 9.12. The van der Waals surface area contributed by atoms with Gasteiger partial charge in [-0.25, -0.2) is 0 Å². The number of hydrogen-bond acceptors (Lipinski definition) is 2. The molecule has 28 valence electrons. The second kappa shape index (κ2) is 3.21. The van der Waals surface area contributed by atoms with Gasteiger partial charge in [-0.3, -0.25) is 4.79 Å². The Morgan fingerprint density at radius 2 is 2.20 bits per heavy atom. The van der Waals surface area contributed by atoms with E-state index in [4.69, 9.17) is 9.90 Å². The predicted octanol–water partition coefficient (Wildman–Crippen LogP) is -0.941. The summed E-state index contributed by atoms with van der Waals surface area (Å²) in [7, 11) is 0. The average molecular weight is 71.1 g/mol. The van der Waals surface area contributed by atoms with Crippen LogP contribution in [0.1, 0.15) is 0 Å². The molecule has 0 saturated carbocycles. The molecule has 0 aliphatic rings. The monoisotopic (exact) mass is 71.0 g/mol. The minimum absolute atomic E-state index is 0.438. The number of rotatable bonds is 1. The molecule has 0 radical (unpaired) electrons. The Morgan fingerprint density at radius 3 is 2.20 bits per heavy atom. The quantitative estimate of drug-likeness (QED) is 0.227. The Balaban J connectivity index is 2.92. The number of hydrogen-bond donors (Lipinski definition) is 0. The lowest BCUT2D eigenvalue weighted by Crippen LogP contribution is -1.83. The van der Waals surface area contributed by atoms with E-state index in [1.807, 2.05) is 0 Å². The second-order valence-electron chi connectivity index (χ2n) is 0.465. The second-order valence-corrected chi connectivity index (χ2v) is 0.465. The number of aldehydes is 1. The first kappa shape index (κ1) is 4.21. The Hall–Kier alpha value is -0.790. The highest BCUT2D eigenvalue weighted by Gasteiger charge is 1.42. The van der Waals surface area contributed by atoms with Crippen molar-refractivity contribution in [1.29, 1.82) is 0 Å². The van der Waals surface area contributed by atoms with Gasteiger partial charge in [-0.2, -0.15) is 0 Å². The van der Waals surface area contributed by atoms with Gasteiger partial charge in [0.15, 0.2) is 0 Å². The molecule has 0 unspecified atom stereocenters. The average Bonchev–Trinajstić information content (AvgIpc) is 1.41. The maximum atomic E-state index is 9.12. The largest absolute Gasteiger partial charge is 0.878 e. The van der Waals surface area contributed by atoms with Crippen LogP contribution in [0.3, 0.4) is 0 Å². The van der Waals surface area contributed by atoms with Gasteiger partial charge < -0.3 is 5.11 Å². The van der Waals surface area contributed by atoms with Crippen LogP contribution in [0.2, 0.25) is 0 Å². The highest BCUT2D eigenvalue weighted by Crippen LogP contribution is 1.43. The van der Waals surface area contributed by atoms with E-state index in [1.54, 1.807) is 0 Å². The van der Waals surface area contributed by atoms with Crippen LogP contribution in [-0.4, -0.2) is 6.29 Å². The predicted molar refractivity (Wildman–Crippen MR) is 15.2 cm³/mol. The van der Waals surface area contributed by atoms with Gasteiger partial charge in [-0.15, -0.1) is 6.26 Å². The van der Waals surface area contributed by atoms with Crippen LogP contribution in [0, 0.1) is 0 Å². The van der Waals surface area contributed by atoms with E-state index in [1.165, 1.54) is 0 Å². The number of carbonyl (C=O) groups is 1. The van der Waals surface area contributed by atoms with Gasteiger partial charge in [0.1, 0.15) is 6.29 Å². The van der Waals surface area contributed by atoms with E-state index in [9.17, 15) is 0 Å². The van der Waals surface area contributed by atoms with Gasteiger partial charge in [0.05, 0.1) is 0 Å². The van der Waals surface area contributed by atoms with Gasteiger partial charge in [0.25, 0.3) is 0 Å². The molecule has 0 aromatic carbocycles. The zero-order valence-electron chi connectivity index (χ0n) is 2.55. The SMILES string of the molecule is O=CC=C[O-]. The normalized spacial score (nSPS) is 8.80. The number of allylic oxidation sites excluding steroid dienone is 1. The van der Waals surface area contributed by atoms with Crippen molar-refractivity contribution in [2.75, 3.05) is 0 Å². The fourth-order valence-corrected chi connectivity index (χ4v) is 0.0321. The van der Waals surface area contributed by atoms with Gasteiger partial charge in [-0.05, 0) is 6.08 Å². The molecule has 2 heteroatoms. The molecule has 0 aromatic rings. The van der Waals surface area contributed by atoms with E-state index in [0.29, 0.717) is 12.5 Å². The number of carbonyl (C=O) groups excluding carboxylic acids is 1. The summed E-state index contributed by atoms with van der Waals surface area (Å²) in [6, 6.07) is 0. The molecule has 0 heterocycles. The third-order valence-electron chi connectivity index (χ3n) is 0.157. The topological polar surface area (TPSA) is 40.1 Å². The first-order chi connectivity index (χ1) is 2.41. The Bertz CT molecular complexity index is 46.9. The smallest absolute Gasteiger partial charge is 0.141 e. The van der Waals surface area contributed by atoms with E-state index >= 15 is 0 Å². The summed E-state index contributed by atoms with van der Waals surface area (Å²) in [5.74, 6) is 0. The van der Waals surface area contributed by atoms with E-state index in [0.717, 1.165) is 6.08 Å². The van der Waals surface area contributed by atoms with Crippen LogP contribution >= 0.6 is 0 Å². The minimum atomic E-state index is 0.438. The molecule has 0 atom stereocenters. The molecule has 0 aliphatic heterocycles. The van der Waals surface area contributed by atoms with E-state index < -0.39 is 0 Å². The highest BCUT2D eigenvalue weighted by atomic mass is 16.2. The first-order valence-electron chi connectivity index (χ1n) is 1.14. The molecule has 0 N–H and O–H groups in total. The van der Waals surface area contributed by atoms with Gasteiger partial charge >= 0.3 is 0 Å². The zero-order chi connectivity index (χ0) is 4.12. The van der Waals surface area contributed by atoms with Crippen LogP contribution in [0.15, 0.2) is 12.3 Å². The molecule has 0 rings (SSSR count). The van der Waals surface area contributed by atoms with Crippen LogP contribution in [0.4, 0.5) is 0 Å². The molecule has 0 aromatic heterocycles. The standard InChI is InChI=1S/C3H4O2/c4-2-1-3-5/h1-4H/p-1. The molecular formula is C3H3O2-. The third kappa shape index (κ3) is 3.21. The maximum Gasteiger partial charge on any atom is 0.141 e. The van der Waals surface area contributed by atoms with E-state index in [-0.39, 0.29) is 0 Å². The summed E-state index contributed by atoms with van der Waals surface area (Å²) in [5, 5.41) is 9.12. The fourth-order valence-electron chi connectivity index (χ4n) is 0.0321. The summed E-state index contributed by atoms with van der Waals surface area (Å²) in [6.45, 7) is 0. The van der Waals surface area contributed by atoms with Crippen LogP contribution < -0.4 is 5.11 Å². The Kier molecular flexibility index (Phi) is 2.70. The van der Waals surface area contributed by atoms with Crippen molar-refractivity contribution in [2.24, 2.45) is 0 Å². The van der Waals surface area contributed by atoms with Crippen LogP contribution in [0.5, 0.6) is 0 Å². The van der Waals surface area contributed by atoms with Gasteiger partial charge in [-0.1, -0.05) is 0 Å². The summed E-state index contributed by atoms with van der Waals surface area (Å²) < 4.78 is 0. The molecule has 0 aliphatic carbocycles. The molecule has 0 fully saturated rings. The molecule has 0 bridgehead atoms. The van der Waals surface area contributed by atoms with Crippen molar-refractivity contribution < 1.29 is 9.90 Å². The van der Waals surface area contributed by atoms with Crippen molar-refractivity contribution in [3.8, 4) is 0 Å². The van der Waals surface area contributed by atoms with Crippen molar-refractivity contribution in [3.05, 3.63) is 12.3 Å². The fraction of sp³-hybridized carbons (Fsp3) is 0. The molecule has 5 heavy (non-hydrogen) atoms. The molecule has 0 amide bonds. The van der Waals surface area contributed by atoms with Gasteiger partial charge in [0, 0.05) is 0 Å². The summed E-state index contributed by atoms with van der Waals surface area (Å²) >= 11 is 0. The summed E-state index contributed by atoms with van der Waals surface area (Å²) in [5.41, 5.74) is 0. The minimum Gasteiger partial charge on any atom is -0.878 e. The molecule has 0 saturated heterocycles. The molecule has 2 nitrogen and oxygen atoms in total. The molecular weight excluding hydrogens is 68.0 g/mol. The van der Waals surface area contributed by atoms with Crippen molar-refractivity contribution >= 4 is 6.29 Å². The van der Waals surface area contributed by atoms with Crippen molar-refractivity contribution in [1.82, 2.24) is 0 Å². The first-order valence-corrected chi connectivity index (χ1v) is 1.14.